The van der Waals surface area contributed by atoms with Crippen molar-refractivity contribution in [2.75, 3.05) is 52.4 Å². The molecular formula is C54H62Br4Cl2N8O4. The van der Waals surface area contributed by atoms with Gasteiger partial charge in [0.15, 0.2) is 0 Å². The summed E-state index contributed by atoms with van der Waals surface area (Å²) in [5, 5.41) is 1.49. The molecule has 4 N–H and O–H groups in total. The van der Waals surface area contributed by atoms with Crippen LogP contribution in [0.15, 0.2) is 66.7 Å². The molecule has 72 heavy (non-hydrogen) atoms. The smallest absolute Gasteiger partial charge is 0.314 e. The molecule has 6 aliphatic rings. The van der Waals surface area contributed by atoms with Crippen molar-refractivity contribution in [2.45, 2.75) is 102 Å². The van der Waals surface area contributed by atoms with Gasteiger partial charge >= 0.3 is 12.1 Å². The third-order valence-corrected chi connectivity index (χ3v) is 20.2. The normalized spacial score (nSPS) is 21.0. The summed E-state index contributed by atoms with van der Waals surface area (Å²) < 4.78 is 4.00. The first-order valence-electron chi connectivity index (χ1n) is 25.5. The first kappa shape index (κ1) is 53.5. The summed E-state index contributed by atoms with van der Waals surface area (Å²) >= 11 is 27.7. The van der Waals surface area contributed by atoms with Crippen molar-refractivity contribution >= 4 is 111 Å². The number of hydrogen-bond donors (Lipinski definition) is 2. The molecule has 0 radical (unpaired) electrons. The number of urea groups is 2. The van der Waals surface area contributed by atoms with Crippen molar-refractivity contribution in [2.24, 2.45) is 35.1 Å². The van der Waals surface area contributed by atoms with Gasteiger partial charge in [-0.1, -0.05) is 35.3 Å². The Morgan fingerprint density at radius 3 is 1.21 bits per heavy atom. The molecule has 2 aromatic heterocycles. The summed E-state index contributed by atoms with van der Waals surface area (Å²) in [7, 11) is 0. The third-order valence-electron chi connectivity index (χ3n) is 16.5. The number of aromatic nitrogens is 2. The maximum Gasteiger partial charge on any atom is 0.314 e. The molecule has 0 bridgehead atoms. The van der Waals surface area contributed by atoms with Crippen LogP contribution in [0.3, 0.4) is 0 Å². The molecule has 4 aliphatic heterocycles. The molecule has 6 amide bonds. The number of nitrogens with zero attached hydrogens (tertiary/aromatic N) is 6. The van der Waals surface area contributed by atoms with Crippen LogP contribution >= 0.6 is 86.9 Å². The molecule has 2 atom stereocenters. The number of aryl methyl sites for hydroxylation is 2. The van der Waals surface area contributed by atoms with E-state index >= 15 is 0 Å². The molecule has 2 aromatic carbocycles. The first-order chi connectivity index (χ1) is 34.6. The van der Waals surface area contributed by atoms with E-state index in [0.29, 0.717) is 62.7 Å². The van der Waals surface area contributed by atoms with Gasteiger partial charge in [0.2, 0.25) is 11.8 Å². The summed E-state index contributed by atoms with van der Waals surface area (Å²) in [5.41, 5.74) is 20.9. The Morgan fingerprint density at radius 1 is 0.514 bits per heavy atom. The van der Waals surface area contributed by atoms with Gasteiger partial charge in [-0.05, 0) is 222 Å². The van der Waals surface area contributed by atoms with E-state index in [0.717, 1.165) is 143 Å². The number of benzene rings is 2. The summed E-state index contributed by atoms with van der Waals surface area (Å²) in [6.45, 7) is 5.70. The van der Waals surface area contributed by atoms with Crippen molar-refractivity contribution in [3.8, 4) is 0 Å². The summed E-state index contributed by atoms with van der Waals surface area (Å²) in [4.78, 5) is 66.3. The second-order valence-electron chi connectivity index (χ2n) is 20.6. The SMILES string of the molecule is NC(=O)N1CCC(CC(=O)N2CCC(C3c4ccc(Cl)c(Br)c4CCc4cc(Br)cnc43)CC2)CC1.NC(=O)N1CCC(CC(=O)N2CCC(C3c4ccc(Cl)c(Br)c4CCc4cc(Br)cnc43)CC2)CC1. The molecule has 10 rings (SSSR count). The minimum absolute atomic E-state index is 0.189. The highest BCUT2D eigenvalue weighted by Gasteiger charge is 2.38. The number of carbonyl (C=O) groups excluding carboxylic acids is 4. The number of primary amides is 2. The average molecular weight is 1280 g/mol. The van der Waals surface area contributed by atoms with Crippen LogP contribution in [0, 0.1) is 23.7 Å². The minimum atomic E-state index is -0.361. The van der Waals surface area contributed by atoms with E-state index in [9.17, 15) is 19.2 Å². The Labute approximate surface area is 466 Å². The molecule has 12 nitrogen and oxygen atoms in total. The Morgan fingerprint density at radius 2 is 0.861 bits per heavy atom. The number of likely N-dealkylation sites (tertiary alicyclic amines) is 4. The number of pyridine rings is 2. The topological polar surface area (TPSA) is 159 Å². The van der Waals surface area contributed by atoms with Crippen LogP contribution < -0.4 is 11.5 Å². The molecular weight excluding hydrogens is 1220 g/mol. The van der Waals surface area contributed by atoms with E-state index in [-0.39, 0.29) is 35.7 Å². The number of amides is 6. The number of hydrogen-bond acceptors (Lipinski definition) is 6. The molecule has 2 aliphatic carbocycles. The van der Waals surface area contributed by atoms with Crippen LogP contribution in [0.5, 0.6) is 0 Å². The van der Waals surface area contributed by atoms with Crippen LogP contribution in [-0.4, -0.2) is 106 Å². The van der Waals surface area contributed by atoms with Crippen LogP contribution in [0.1, 0.15) is 121 Å². The summed E-state index contributed by atoms with van der Waals surface area (Å²) in [6, 6.07) is 12.0. The van der Waals surface area contributed by atoms with Gasteiger partial charge in [0.25, 0.3) is 0 Å². The van der Waals surface area contributed by atoms with Crippen LogP contribution in [0.25, 0.3) is 0 Å². The van der Waals surface area contributed by atoms with Crippen LogP contribution in [-0.2, 0) is 35.3 Å². The Hall–Kier alpha value is -3.28. The van der Waals surface area contributed by atoms with E-state index in [1.165, 1.54) is 33.4 Å². The number of fused-ring (bicyclic) bond motifs is 4. The maximum atomic E-state index is 13.1. The lowest BCUT2D eigenvalue weighted by Gasteiger charge is -2.38. The molecule has 4 aromatic rings. The zero-order valence-corrected chi connectivity index (χ0v) is 48.2. The quantitative estimate of drug-likeness (QED) is 0.196. The summed E-state index contributed by atoms with van der Waals surface area (Å²) in [6.07, 6.45) is 15.8. The third kappa shape index (κ3) is 12.0. The predicted molar refractivity (Wildman–Crippen MR) is 296 cm³/mol. The van der Waals surface area contributed by atoms with E-state index in [4.69, 9.17) is 44.6 Å². The highest BCUT2D eigenvalue weighted by molar-refractivity contribution is 9.11. The molecule has 0 spiro atoms. The van der Waals surface area contributed by atoms with Crippen molar-refractivity contribution < 1.29 is 19.2 Å². The van der Waals surface area contributed by atoms with E-state index < -0.39 is 0 Å². The fraction of sp³-hybridized carbons (Fsp3) is 0.519. The molecule has 4 fully saturated rings. The lowest BCUT2D eigenvalue weighted by atomic mass is 9.76. The highest BCUT2D eigenvalue weighted by Crippen LogP contribution is 2.48. The number of halogens is 6. The zero-order valence-electron chi connectivity index (χ0n) is 40.4. The average Bonchev–Trinajstić information content (AvgIpc) is 3.65. The lowest BCUT2D eigenvalue weighted by Crippen LogP contribution is -2.44. The van der Waals surface area contributed by atoms with Gasteiger partial charge in [-0.25, -0.2) is 9.59 Å². The first-order valence-corrected chi connectivity index (χ1v) is 29.4. The van der Waals surface area contributed by atoms with Crippen molar-refractivity contribution in [3.05, 3.63) is 121 Å². The molecule has 384 valence electrons. The fourth-order valence-corrected chi connectivity index (χ4v) is 14.7. The standard InChI is InChI=1S/2C27H31Br2ClN4O2/c2*28-19-14-18-1-2-21-20(3-4-22(30)25(21)29)24(26(18)32-15-19)17-7-11-33(12-8-17)23(35)13-16-5-9-34(10-6-16)27(31)36/h2*3-4,14-17,24H,1-2,5-13H2,(H2,31,36). The Kier molecular flexibility index (Phi) is 17.6. The zero-order chi connectivity index (χ0) is 50.8. The number of piperidine rings is 4. The van der Waals surface area contributed by atoms with Gasteiger partial charge < -0.3 is 31.1 Å². The monoisotopic (exact) mass is 1270 g/mol. The van der Waals surface area contributed by atoms with E-state index in [1.807, 2.05) is 34.3 Å². The van der Waals surface area contributed by atoms with Gasteiger partial charge in [0.05, 0.1) is 21.4 Å². The molecule has 6 heterocycles. The number of nitrogens with two attached hydrogens (primary N) is 2. The Bertz CT molecular complexity index is 2500. The van der Waals surface area contributed by atoms with Crippen molar-refractivity contribution in [1.82, 2.24) is 29.6 Å². The highest BCUT2D eigenvalue weighted by atomic mass is 79.9. The summed E-state index contributed by atoms with van der Waals surface area (Å²) in [5.74, 6) is 2.33. The molecule has 18 heteroatoms. The second kappa shape index (κ2) is 23.7. The Balaban J connectivity index is 0.000000178. The number of rotatable bonds is 6. The predicted octanol–water partition coefficient (Wildman–Crippen LogP) is 11.8. The second-order valence-corrected chi connectivity index (χ2v) is 24.8. The van der Waals surface area contributed by atoms with Crippen LogP contribution in [0.4, 0.5) is 9.59 Å². The maximum absolute atomic E-state index is 13.1. The van der Waals surface area contributed by atoms with E-state index in [1.54, 1.807) is 9.80 Å². The minimum Gasteiger partial charge on any atom is -0.351 e. The van der Waals surface area contributed by atoms with Crippen LogP contribution in [0.2, 0.25) is 10.0 Å². The van der Waals surface area contributed by atoms with Crippen molar-refractivity contribution in [1.29, 1.82) is 0 Å². The van der Waals surface area contributed by atoms with Gasteiger partial charge in [0, 0.05) is 107 Å². The lowest BCUT2D eigenvalue weighted by molar-refractivity contribution is -0.134. The van der Waals surface area contributed by atoms with Gasteiger partial charge in [-0.3, -0.25) is 19.6 Å². The van der Waals surface area contributed by atoms with Gasteiger partial charge in [-0.15, -0.1) is 0 Å². The fourth-order valence-electron chi connectivity index (χ4n) is 12.4. The van der Waals surface area contributed by atoms with Crippen molar-refractivity contribution in [3.63, 3.8) is 0 Å². The van der Waals surface area contributed by atoms with Gasteiger partial charge in [-0.2, -0.15) is 0 Å². The largest absolute Gasteiger partial charge is 0.351 e. The van der Waals surface area contributed by atoms with Gasteiger partial charge in [0.1, 0.15) is 0 Å². The molecule has 2 unspecified atom stereocenters. The number of carbonyl (C=O) groups is 4. The van der Waals surface area contributed by atoms with E-state index in [2.05, 4.69) is 88.0 Å². The molecule has 0 saturated carbocycles. The molecule has 4 saturated heterocycles.